The Morgan fingerprint density at radius 1 is 1.38 bits per heavy atom. The minimum absolute atomic E-state index is 0.0808. The lowest BCUT2D eigenvalue weighted by Crippen LogP contribution is -2.14. The van der Waals surface area contributed by atoms with Crippen molar-refractivity contribution in [2.24, 2.45) is 0 Å². The van der Waals surface area contributed by atoms with E-state index in [0.717, 1.165) is 5.01 Å². The number of hydrogen-bond donors (Lipinski definition) is 1. The quantitative estimate of drug-likeness (QED) is 0.784. The van der Waals surface area contributed by atoms with E-state index in [9.17, 15) is 9.59 Å². The number of carbonyl (C=O) groups excluding carboxylic acids is 2. The van der Waals surface area contributed by atoms with Gasteiger partial charge in [-0.25, -0.2) is 0 Å². The van der Waals surface area contributed by atoms with Crippen LogP contribution in [0.4, 0.5) is 5.13 Å². The van der Waals surface area contributed by atoms with Gasteiger partial charge in [0.15, 0.2) is 0 Å². The summed E-state index contributed by atoms with van der Waals surface area (Å²) in [4.78, 5) is 22.3. The average Bonchev–Trinajstić information content (AvgIpc) is 2.61. The molecule has 0 aliphatic rings. The van der Waals surface area contributed by atoms with E-state index in [0.29, 0.717) is 11.7 Å². The van der Waals surface area contributed by atoms with Gasteiger partial charge in [-0.15, -0.1) is 10.2 Å². The van der Waals surface area contributed by atoms with Crippen LogP contribution in [0.3, 0.4) is 0 Å². The molecule has 0 aliphatic heterocycles. The smallest absolute Gasteiger partial charge is 0.306 e. The zero-order valence-electron chi connectivity index (χ0n) is 9.15. The second-order valence-corrected chi connectivity index (χ2v) is 4.16. The summed E-state index contributed by atoms with van der Waals surface area (Å²) >= 11 is 1.29. The van der Waals surface area contributed by atoms with Crippen LogP contribution in [0.5, 0.6) is 0 Å². The molecule has 1 aromatic rings. The van der Waals surface area contributed by atoms with Crippen molar-refractivity contribution in [2.45, 2.75) is 26.7 Å². The lowest BCUT2D eigenvalue weighted by Gasteiger charge is -2.01. The van der Waals surface area contributed by atoms with Crippen LogP contribution >= 0.6 is 11.3 Å². The lowest BCUT2D eigenvalue weighted by atomic mass is 10.3. The number of hydrogen-bond acceptors (Lipinski definition) is 6. The highest BCUT2D eigenvalue weighted by molar-refractivity contribution is 7.15. The Kier molecular flexibility index (Phi) is 4.84. The minimum Gasteiger partial charge on any atom is -0.466 e. The Morgan fingerprint density at radius 2 is 2.12 bits per heavy atom. The predicted molar refractivity (Wildman–Crippen MR) is 59.1 cm³/mol. The van der Waals surface area contributed by atoms with Crippen molar-refractivity contribution in [2.75, 3.05) is 11.9 Å². The molecule has 0 atom stereocenters. The Balaban J connectivity index is 2.28. The predicted octanol–water partition coefficient (Wildman–Crippen LogP) is 1.13. The maximum atomic E-state index is 11.4. The average molecular weight is 243 g/mol. The number of esters is 1. The van der Waals surface area contributed by atoms with E-state index in [1.165, 1.54) is 11.3 Å². The zero-order valence-corrected chi connectivity index (χ0v) is 9.97. The number of carbonyl (C=O) groups is 2. The van der Waals surface area contributed by atoms with E-state index < -0.39 is 0 Å². The van der Waals surface area contributed by atoms with Gasteiger partial charge >= 0.3 is 5.97 Å². The van der Waals surface area contributed by atoms with Gasteiger partial charge in [-0.2, -0.15) is 0 Å². The highest BCUT2D eigenvalue weighted by atomic mass is 32.1. The van der Waals surface area contributed by atoms with Crippen molar-refractivity contribution in [1.82, 2.24) is 10.2 Å². The Morgan fingerprint density at radius 3 is 2.69 bits per heavy atom. The molecule has 6 nitrogen and oxygen atoms in total. The third kappa shape index (κ3) is 4.35. The fraction of sp³-hybridized carbons (Fsp3) is 0.556. The van der Waals surface area contributed by atoms with Crippen LogP contribution in [-0.4, -0.2) is 28.7 Å². The monoisotopic (exact) mass is 243 g/mol. The Hall–Kier alpha value is -1.50. The summed E-state index contributed by atoms with van der Waals surface area (Å²) in [5.74, 6) is -0.629. The van der Waals surface area contributed by atoms with E-state index in [4.69, 9.17) is 4.74 Å². The summed E-state index contributed by atoms with van der Waals surface area (Å²) in [6, 6.07) is 0. The number of nitrogens with zero attached hydrogens (tertiary/aromatic N) is 2. The molecule has 0 saturated carbocycles. The highest BCUT2D eigenvalue weighted by Gasteiger charge is 2.09. The van der Waals surface area contributed by atoms with Crippen molar-refractivity contribution in [3.05, 3.63) is 5.01 Å². The first-order valence-electron chi connectivity index (χ1n) is 4.87. The normalized spacial score (nSPS) is 9.88. The second-order valence-electron chi connectivity index (χ2n) is 2.98. The molecule has 0 fully saturated rings. The molecule has 0 aliphatic carbocycles. The summed E-state index contributed by atoms with van der Waals surface area (Å²) in [6.07, 6.45) is 0.176. The number of amides is 1. The van der Waals surface area contributed by atoms with E-state index in [1.807, 2.05) is 0 Å². The van der Waals surface area contributed by atoms with Crippen molar-refractivity contribution < 1.29 is 14.3 Å². The van der Waals surface area contributed by atoms with E-state index in [2.05, 4.69) is 15.5 Å². The number of aryl methyl sites for hydroxylation is 1. The molecule has 88 valence electrons. The van der Waals surface area contributed by atoms with E-state index >= 15 is 0 Å². The van der Waals surface area contributed by atoms with Gasteiger partial charge in [0.05, 0.1) is 13.0 Å². The van der Waals surface area contributed by atoms with Crippen molar-refractivity contribution in [1.29, 1.82) is 0 Å². The van der Waals surface area contributed by atoms with Crippen molar-refractivity contribution in [3.8, 4) is 0 Å². The second kappa shape index (κ2) is 6.16. The molecule has 0 aromatic carbocycles. The molecule has 0 radical (unpaired) electrons. The fourth-order valence-electron chi connectivity index (χ4n) is 0.978. The first-order chi connectivity index (χ1) is 7.61. The number of ether oxygens (including phenoxy) is 1. The van der Waals surface area contributed by atoms with Crippen LogP contribution in [0.15, 0.2) is 0 Å². The molecule has 1 rings (SSSR count). The summed E-state index contributed by atoms with van der Waals surface area (Å²) in [6.45, 7) is 3.85. The number of nitrogens with one attached hydrogen (secondary N) is 1. The number of anilines is 1. The van der Waals surface area contributed by atoms with Crippen LogP contribution in [0.1, 0.15) is 24.8 Å². The first kappa shape index (κ1) is 12.6. The molecule has 0 saturated heterocycles. The van der Waals surface area contributed by atoms with Crippen LogP contribution in [0, 0.1) is 6.92 Å². The summed E-state index contributed by atoms with van der Waals surface area (Å²) in [5.41, 5.74) is 0. The van der Waals surface area contributed by atoms with Gasteiger partial charge in [0.1, 0.15) is 5.01 Å². The molecule has 0 unspecified atom stereocenters. The molecule has 1 amide bonds. The van der Waals surface area contributed by atoms with Crippen LogP contribution in [0.25, 0.3) is 0 Å². The van der Waals surface area contributed by atoms with Gasteiger partial charge in [-0.05, 0) is 13.8 Å². The fourth-order valence-corrected chi connectivity index (χ4v) is 1.59. The van der Waals surface area contributed by atoms with Gasteiger partial charge in [0.2, 0.25) is 11.0 Å². The van der Waals surface area contributed by atoms with Crippen molar-refractivity contribution >= 4 is 28.3 Å². The molecule has 1 aromatic heterocycles. The highest BCUT2D eigenvalue weighted by Crippen LogP contribution is 2.13. The zero-order chi connectivity index (χ0) is 12.0. The number of rotatable bonds is 5. The van der Waals surface area contributed by atoms with Gasteiger partial charge in [0, 0.05) is 6.42 Å². The Bertz CT molecular complexity index is 378. The van der Waals surface area contributed by atoms with Gasteiger partial charge in [-0.3, -0.25) is 9.59 Å². The summed E-state index contributed by atoms with van der Waals surface area (Å²) in [5, 5.41) is 11.3. The molecule has 0 spiro atoms. The third-order valence-corrected chi connectivity index (χ3v) is 2.39. The van der Waals surface area contributed by atoms with Crippen LogP contribution in [-0.2, 0) is 14.3 Å². The maximum Gasteiger partial charge on any atom is 0.306 e. The minimum atomic E-state index is -0.369. The Labute approximate surface area is 97.0 Å². The number of aromatic nitrogens is 2. The molecule has 7 heteroatoms. The van der Waals surface area contributed by atoms with Crippen molar-refractivity contribution in [3.63, 3.8) is 0 Å². The molecular weight excluding hydrogens is 230 g/mol. The molecule has 1 N–H and O–H groups in total. The SMILES string of the molecule is CCOC(=O)CCC(=O)Nc1nnc(C)s1. The standard InChI is InChI=1S/C9H13N3O3S/c1-3-15-8(14)5-4-7(13)10-9-12-11-6(2)16-9/h3-5H2,1-2H3,(H,10,12,13). The first-order valence-corrected chi connectivity index (χ1v) is 5.69. The third-order valence-electron chi connectivity index (χ3n) is 1.63. The summed E-state index contributed by atoms with van der Waals surface area (Å²) in [7, 11) is 0. The van der Waals surface area contributed by atoms with Crippen LogP contribution < -0.4 is 5.32 Å². The largest absolute Gasteiger partial charge is 0.466 e. The topological polar surface area (TPSA) is 81.2 Å². The van der Waals surface area contributed by atoms with Gasteiger partial charge < -0.3 is 10.1 Å². The molecule has 16 heavy (non-hydrogen) atoms. The van der Waals surface area contributed by atoms with Gasteiger partial charge in [-0.1, -0.05) is 11.3 Å². The van der Waals surface area contributed by atoms with E-state index in [-0.39, 0.29) is 24.7 Å². The summed E-state index contributed by atoms with van der Waals surface area (Å²) < 4.78 is 4.70. The molecular formula is C9H13N3O3S. The van der Waals surface area contributed by atoms with Gasteiger partial charge in [0.25, 0.3) is 0 Å². The molecule has 1 heterocycles. The van der Waals surface area contributed by atoms with E-state index in [1.54, 1.807) is 13.8 Å². The lowest BCUT2D eigenvalue weighted by molar-refractivity contribution is -0.144. The maximum absolute atomic E-state index is 11.4. The van der Waals surface area contributed by atoms with Crippen LogP contribution in [0.2, 0.25) is 0 Å². The molecule has 0 bridgehead atoms.